The van der Waals surface area contributed by atoms with E-state index in [1.165, 1.54) is 4.90 Å². The molecule has 0 unspecified atom stereocenters. The first-order chi connectivity index (χ1) is 18.4. The zero-order valence-corrected chi connectivity index (χ0v) is 24.1. The molecule has 0 radical (unpaired) electrons. The van der Waals surface area contributed by atoms with E-state index in [0.717, 1.165) is 12.0 Å². The van der Waals surface area contributed by atoms with Gasteiger partial charge >= 0.3 is 6.09 Å². The van der Waals surface area contributed by atoms with E-state index in [1.807, 2.05) is 58.9 Å². The summed E-state index contributed by atoms with van der Waals surface area (Å²) in [6.45, 7) is 10.9. The molecule has 2 fully saturated rings. The van der Waals surface area contributed by atoms with Crippen molar-refractivity contribution in [3.8, 4) is 5.75 Å². The number of para-hydroxylation sites is 1. The Labute approximate surface area is 231 Å². The van der Waals surface area contributed by atoms with Crippen LogP contribution in [0.5, 0.6) is 5.75 Å². The summed E-state index contributed by atoms with van der Waals surface area (Å²) in [6.07, 6.45) is 1.91. The molecule has 2 atom stereocenters. The van der Waals surface area contributed by atoms with Gasteiger partial charge in [0, 0.05) is 37.7 Å². The maximum absolute atomic E-state index is 13.3. The number of ether oxygens (including phenoxy) is 2. The molecule has 2 saturated heterocycles. The third-order valence-corrected chi connectivity index (χ3v) is 7.24. The van der Waals surface area contributed by atoms with Crippen LogP contribution in [0.4, 0.5) is 4.79 Å². The molecule has 0 saturated carbocycles. The highest BCUT2D eigenvalue weighted by Gasteiger charge is 2.40. The molecule has 0 aromatic heterocycles. The lowest BCUT2D eigenvalue weighted by Crippen LogP contribution is -2.54. The number of nitrogens with zero attached hydrogens (tertiary/aromatic N) is 2. The van der Waals surface area contributed by atoms with Crippen LogP contribution in [0.1, 0.15) is 65.9 Å². The molecule has 2 heterocycles. The molecule has 0 aliphatic carbocycles. The highest BCUT2D eigenvalue weighted by atomic mass is 16.6. The first-order valence-corrected chi connectivity index (χ1v) is 13.9. The van der Waals surface area contributed by atoms with Crippen molar-refractivity contribution in [2.24, 2.45) is 11.8 Å². The van der Waals surface area contributed by atoms with Gasteiger partial charge in [0.05, 0.1) is 7.11 Å². The van der Waals surface area contributed by atoms with Gasteiger partial charge in [0.1, 0.15) is 23.4 Å². The lowest BCUT2D eigenvalue weighted by molar-refractivity contribution is -0.140. The first-order valence-electron chi connectivity index (χ1n) is 13.9. The zero-order valence-electron chi connectivity index (χ0n) is 24.1. The minimum atomic E-state index is -0.673. The third-order valence-electron chi connectivity index (χ3n) is 7.24. The fourth-order valence-electron chi connectivity index (χ4n) is 5.08. The van der Waals surface area contributed by atoms with E-state index in [-0.39, 0.29) is 29.6 Å². The maximum Gasteiger partial charge on any atom is 0.410 e. The van der Waals surface area contributed by atoms with Gasteiger partial charge in [-0.3, -0.25) is 19.3 Å². The molecule has 216 valence electrons. The van der Waals surface area contributed by atoms with Gasteiger partial charge < -0.3 is 25.0 Å². The van der Waals surface area contributed by atoms with Gasteiger partial charge in [-0.05, 0) is 58.4 Å². The van der Waals surface area contributed by atoms with E-state index in [1.54, 1.807) is 12.0 Å². The number of likely N-dealkylation sites (tertiary alicyclic amines) is 2. The van der Waals surface area contributed by atoms with Crippen LogP contribution in [0.15, 0.2) is 24.3 Å². The van der Waals surface area contributed by atoms with E-state index in [2.05, 4.69) is 10.6 Å². The molecule has 0 spiro atoms. The van der Waals surface area contributed by atoms with Crippen molar-refractivity contribution in [3.05, 3.63) is 29.8 Å². The molecule has 3 rings (SSSR count). The summed E-state index contributed by atoms with van der Waals surface area (Å²) in [5.74, 6) is -0.216. The smallest absolute Gasteiger partial charge is 0.410 e. The highest BCUT2D eigenvalue weighted by Crippen LogP contribution is 2.25. The molecule has 0 bridgehead atoms. The molecule has 4 amide bonds. The number of hydrogen-bond donors (Lipinski definition) is 2. The van der Waals surface area contributed by atoms with Crippen molar-refractivity contribution < 1.29 is 28.7 Å². The van der Waals surface area contributed by atoms with Crippen LogP contribution in [-0.2, 0) is 25.7 Å². The van der Waals surface area contributed by atoms with E-state index < -0.39 is 23.8 Å². The largest absolute Gasteiger partial charge is 0.496 e. The number of nitrogens with one attached hydrogen (secondary N) is 2. The number of methoxy groups -OCH3 is 1. The monoisotopic (exact) mass is 544 g/mol. The van der Waals surface area contributed by atoms with E-state index in [0.29, 0.717) is 51.2 Å². The lowest BCUT2D eigenvalue weighted by Gasteiger charge is -2.36. The number of carbonyl (C=O) groups excluding carboxylic acids is 4. The fourth-order valence-corrected chi connectivity index (χ4v) is 5.08. The molecule has 10 nitrogen and oxygen atoms in total. The number of hydrogen-bond acceptors (Lipinski definition) is 6. The number of benzene rings is 1. The minimum absolute atomic E-state index is 0.0898. The fraction of sp³-hybridized carbons (Fsp3) is 0.655. The number of carbonyl (C=O) groups is 4. The summed E-state index contributed by atoms with van der Waals surface area (Å²) in [6, 6.07) is 6.27. The molecule has 2 aliphatic rings. The average molecular weight is 545 g/mol. The van der Waals surface area contributed by atoms with E-state index in [4.69, 9.17) is 9.47 Å². The third kappa shape index (κ3) is 8.10. The van der Waals surface area contributed by atoms with Crippen molar-refractivity contribution >= 4 is 23.8 Å². The summed E-state index contributed by atoms with van der Waals surface area (Å²) in [5, 5.41) is 5.85. The van der Waals surface area contributed by atoms with E-state index in [9.17, 15) is 19.2 Å². The topological polar surface area (TPSA) is 117 Å². The Hall–Kier alpha value is -3.30. The lowest BCUT2D eigenvalue weighted by atomic mass is 9.94. The molecule has 39 heavy (non-hydrogen) atoms. The van der Waals surface area contributed by atoms with Gasteiger partial charge in [-0.15, -0.1) is 0 Å². The van der Waals surface area contributed by atoms with Crippen LogP contribution in [0.2, 0.25) is 0 Å². The Balaban J connectivity index is 1.52. The normalized spacial score (nSPS) is 19.0. The molecule has 2 aliphatic heterocycles. The molecule has 2 N–H and O–H groups in total. The highest BCUT2D eigenvalue weighted by molar-refractivity contribution is 5.89. The molecule has 1 aromatic rings. The van der Waals surface area contributed by atoms with Gasteiger partial charge in [-0.1, -0.05) is 32.0 Å². The van der Waals surface area contributed by atoms with Gasteiger partial charge in [0.2, 0.25) is 17.7 Å². The zero-order chi connectivity index (χ0) is 28.7. The predicted molar refractivity (Wildman–Crippen MR) is 147 cm³/mol. The number of rotatable bonds is 8. The maximum atomic E-state index is 13.3. The standard InChI is InChI=1S/C29H44N4O6/c1-19(2)24(26(35)30-18-21-10-7-8-12-23(21)38-6)31-25(34)20-13-16-32(17-14-20)27(36)22-11-9-15-33(22)28(37)39-29(3,4)5/h7-8,10,12,19-20,22,24H,9,11,13-18H2,1-6H3,(H,30,35)(H,31,34)/t22-,24+/m1/s1. The Morgan fingerprint density at radius 1 is 1.03 bits per heavy atom. The second kappa shape index (κ2) is 13.2. The summed E-state index contributed by atoms with van der Waals surface area (Å²) in [7, 11) is 1.58. The van der Waals surface area contributed by atoms with Crippen LogP contribution in [0.25, 0.3) is 0 Å². The van der Waals surface area contributed by atoms with Gasteiger partial charge in [-0.25, -0.2) is 4.79 Å². The Kier molecular flexibility index (Phi) is 10.2. The summed E-state index contributed by atoms with van der Waals surface area (Å²) < 4.78 is 10.8. The van der Waals surface area contributed by atoms with Crippen LogP contribution in [0, 0.1) is 11.8 Å². The summed E-state index contributed by atoms with van der Waals surface area (Å²) >= 11 is 0. The molecular weight excluding hydrogens is 500 g/mol. The van der Waals surface area contributed by atoms with Crippen molar-refractivity contribution in [2.75, 3.05) is 26.7 Å². The van der Waals surface area contributed by atoms with Crippen molar-refractivity contribution in [1.82, 2.24) is 20.4 Å². The van der Waals surface area contributed by atoms with Crippen LogP contribution >= 0.6 is 0 Å². The van der Waals surface area contributed by atoms with Gasteiger partial charge in [0.25, 0.3) is 0 Å². The quantitative estimate of drug-likeness (QED) is 0.520. The molecule has 10 heteroatoms. The Morgan fingerprint density at radius 2 is 1.69 bits per heavy atom. The van der Waals surface area contributed by atoms with Gasteiger partial charge in [0.15, 0.2) is 0 Å². The summed E-state index contributed by atoms with van der Waals surface area (Å²) in [4.78, 5) is 55.2. The van der Waals surface area contributed by atoms with Crippen LogP contribution in [-0.4, -0.2) is 78.0 Å². The summed E-state index contributed by atoms with van der Waals surface area (Å²) in [5.41, 5.74) is 0.227. The second-order valence-electron chi connectivity index (χ2n) is 11.7. The van der Waals surface area contributed by atoms with Gasteiger partial charge in [-0.2, -0.15) is 0 Å². The number of amides is 4. The van der Waals surface area contributed by atoms with Crippen molar-refractivity contribution in [3.63, 3.8) is 0 Å². The molecule has 1 aromatic carbocycles. The SMILES string of the molecule is COc1ccccc1CNC(=O)[C@@H](NC(=O)C1CCN(C(=O)[C@H]2CCCN2C(=O)OC(C)(C)C)CC1)C(C)C. The Bertz CT molecular complexity index is 1030. The Morgan fingerprint density at radius 3 is 2.31 bits per heavy atom. The predicted octanol–water partition coefficient (Wildman–Crippen LogP) is 3.09. The minimum Gasteiger partial charge on any atom is -0.496 e. The first kappa shape index (κ1) is 30.2. The van der Waals surface area contributed by atoms with Crippen molar-refractivity contribution in [2.45, 2.75) is 84.5 Å². The van der Waals surface area contributed by atoms with Crippen molar-refractivity contribution in [1.29, 1.82) is 0 Å². The van der Waals surface area contributed by atoms with Crippen LogP contribution in [0.3, 0.4) is 0 Å². The average Bonchev–Trinajstić information content (AvgIpc) is 3.39. The second-order valence-corrected chi connectivity index (χ2v) is 11.7. The molecular formula is C29H44N4O6. The van der Waals surface area contributed by atoms with Crippen LogP contribution < -0.4 is 15.4 Å². The number of piperidine rings is 1. The van der Waals surface area contributed by atoms with E-state index >= 15 is 0 Å².